The first-order valence-corrected chi connectivity index (χ1v) is 9.31. The van der Waals surface area contributed by atoms with Gasteiger partial charge in [-0.3, -0.25) is 14.6 Å². The Morgan fingerprint density at radius 2 is 1.96 bits per heavy atom. The molecule has 0 aliphatic carbocycles. The fourth-order valence-electron chi connectivity index (χ4n) is 3.98. The summed E-state index contributed by atoms with van der Waals surface area (Å²) in [5.74, 6) is 0.150. The third kappa shape index (κ3) is 3.21. The van der Waals surface area contributed by atoms with Crippen LogP contribution in [0.15, 0.2) is 48.7 Å². The largest absolute Gasteiger partial charge is 0.334 e. The Balaban J connectivity index is 1.41. The van der Waals surface area contributed by atoms with Crippen molar-refractivity contribution in [3.63, 3.8) is 0 Å². The Morgan fingerprint density at radius 3 is 2.77 bits per heavy atom. The number of aromatic nitrogens is 1. The van der Waals surface area contributed by atoms with E-state index < -0.39 is 0 Å². The molecule has 1 aromatic carbocycles. The van der Waals surface area contributed by atoms with Gasteiger partial charge in [-0.1, -0.05) is 24.3 Å². The number of carbonyl (C=O) groups is 2. The molecule has 134 valence electrons. The van der Waals surface area contributed by atoms with Crippen LogP contribution in [0.25, 0.3) is 0 Å². The SMILES string of the molecule is O=C1c2ccccc2CN1CCC(=O)N1CCCC[C@H]1c1ccccn1. The van der Waals surface area contributed by atoms with E-state index in [9.17, 15) is 9.59 Å². The molecule has 0 N–H and O–H groups in total. The lowest BCUT2D eigenvalue weighted by Crippen LogP contribution is -2.40. The summed E-state index contributed by atoms with van der Waals surface area (Å²) < 4.78 is 0. The van der Waals surface area contributed by atoms with Crippen LogP contribution in [0.2, 0.25) is 0 Å². The van der Waals surface area contributed by atoms with Crippen molar-refractivity contribution in [2.45, 2.75) is 38.3 Å². The monoisotopic (exact) mass is 349 g/mol. The Kier molecular flexibility index (Phi) is 4.69. The van der Waals surface area contributed by atoms with Gasteiger partial charge in [0.1, 0.15) is 0 Å². The standard InChI is InChI=1S/C21H23N3O2/c25-20(11-14-23-15-16-7-1-2-8-17(16)21(23)26)24-13-6-4-10-19(24)18-9-3-5-12-22-18/h1-3,5,7-9,12,19H,4,6,10-11,13-15H2/t19-/m0/s1. The van der Waals surface area contributed by atoms with Crippen LogP contribution in [0.4, 0.5) is 0 Å². The van der Waals surface area contributed by atoms with Crippen LogP contribution < -0.4 is 0 Å². The van der Waals surface area contributed by atoms with Gasteiger partial charge in [-0.2, -0.15) is 0 Å². The number of rotatable bonds is 4. The summed E-state index contributed by atoms with van der Waals surface area (Å²) in [6, 6.07) is 13.6. The van der Waals surface area contributed by atoms with Gasteiger partial charge in [0.25, 0.3) is 5.91 Å². The first kappa shape index (κ1) is 16.8. The molecule has 2 aliphatic rings. The molecule has 5 nitrogen and oxygen atoms in total. The second kappa shape index (κ2) is 7.28. The van der Waals surface area contributed by atoms with Crippen molar-refractivity contribution >= 4 is 11.8 Å². The van der Waals surface area contributed by atoms with Gasteiger partial charge in [-0.15, -0.1) is 0 Å². The molecule has 0 bridgehead atoms. The average molecular weight is 349 g/mol. The zero-order valence-electron chi connectivity index (χ0n) is 14.8. The highest BCUT2D eigenvalue weighted by molar-refractivity contribution is 5.98. The lowest BCUT2D eigenvalue weighted by Gasteiger charge is -2.35. The third-order valence-electron chi connectivity index (χ3n) is 5.34. The van der Waals surface area contributed by atoms with Gasteiger partial charge in [0.15, 0.2) is 0 Å². The minimum absolute atomic E-state index is 0.0355. The molecule has 2 aliphatic heterocycles. The summed E-state index contributed by atoms with van der Waals surface area (Å²) in [5.41, 5.74) is 2.78. The van der Waals surface area contributed by atoms with Crippen LogP contribution in [-0.4, -0.2) is 39.7 Å². The Morgan fingerprint density at radius 1 is 1.12 bits per heavy atom. The summed E-state index contributed by atoms with van der Waals surface area (Å²) in [5, 5.41) is 0. The second-order valence-corrected chi connectivity index (χ2v) is 6.99. The van der Waals surface area contributed by atoms with E-state index in [0.717, 1.165) is 42.6 Å². The molecule has 26 heavy (non-hydrogen) atoms. The summed E-state index contributed by atoms with van der Waals surface area (Å²) in [6.45, 7) is 1.85. The van der Waals surface area contributed by atoms with Gasteiger partial charge in [0, 0.05) is 37.8 Å². The lowest BCUT2D eigenvalue weighted by molar-refractivity contribution is -0.135. The lowest BCUT2D eigenvalue weighted by atomic mass is 9.98. The van der Waals surface area contributed by atoms with E-state index in [-0.39, 0.29) is 17.9 Å². The number of amides is 2. The molecule has 0 spiro atoms. The normalized spacial score (nSPS) is 19.5. The molecule has 3 heterocycles. The van der Waals surface area contributed by atoms with Crippen LogP contribution in [0, 0.1) is 0 Å². The molecule has 2 aromatic rings. The van der Waals surface area contributed by atoms with Crippen LogP contribution in [0.1, 0.15) is 53.3 Å². The van der Waals surface area contributed by atoms with Gasteiger partial charge in [-0.25, -0.2) is 0 Å². The first-order chi connectivity index (χ1) is 12.7. The molecule has 0 saturated carbocycles. The number of fused-ring (bicyclic) bond motifs is 1. The minimum Gasteiger partial charge on any atom is -0.334 e. The Labute approximate surface area is 153 Å². The van der Waals surface area contributed by atoms with E-state index in [2.05, 4.69) is 4.98 Å². The Bertz CT molecular complexity index is 806. The van der Waals surface area contributed by atoms with Crippen molar-refractivity contribution in [2.75, 3.05) is 13.1 Å². The topological polar surface area (TPSA) is 53.5 Å². The molecule has 0 unspecified atom stereocenters. The number of piperidine rings is 1. The Hall–Kier alpha value is -2.69. The number of pyridine rings is 1. The summed E-state index contributed by atoms with van der Waals surface area (Å²) >= 11 is 0. The molecule has 4 rings (SSSR count). The van der Waals surface area contributed by atoms with Crippen molar-refractivity contribution in [3.05, 3.63) is 65.5 Å². The highest BCUT2D eigenvalue weighted by Crippen LogP contribution is 2.30. The molecule has 5 heteroatoms. The predicted molar refractivity (Wildman–Crippen MR) is 98.3 cm³/mol. The zero-order chi connectivity index (χ0) is 17.9. The molecule has 1 saturated heterocycles. The highest BCUT2D eigenvalue weighted by atomic mass is 16.2. The number of likely N-dealkylation sites (tertiary alicyclic amines) is 1. The van der Waals surface area contributed by atoms with Gasteiger partial charge in [0.2, 0.25) is 5.91 Å². The van der Waals surface area contributed by atoms with Crippen molar-refractivity contribution in [2.24, 2.45) is 0 Å². The quantitative estimate of drug-likeness (QED) is 0.852. The van der Waals surface area contributed by atoms with E-state index in [1.165, 1.54) is 0 Å². The number of benzene rings is 1. The molecule has 1 fully saturated rings. The summed E-state index contributed by atoms with van der Waals surface area (Å²) in [6.07, 6.45) is 5.25. The van der Waals surface area contributed by atoms with Crippen LogP contribution in [-0.2, 0) is 11.3 Å². The highest BCUT2D eigenvalue weighted by Gasteiger charge is 2.31. The fourth-order valence-corrected chi connectivity index (χ4v) is 3.98. The number of carbonyl (C=O) groups excluding carboxylic acids is 2. The number of nitrogens with zero attached hydrogens (tertiary/aromatic N) is 3. The van der Waals surface area contributed by atoms with Crippen LogP contribution in [0.3, 0.4) is 0 Å². The van der Waals surface area contributed by atoms with Crippen molar-refractivity contribution in [3.8, 4) is 0 Å². The average Bonchev–Trinajstić information content (AvgIpc) is 3.03. The third-order valence-corrected chi connectivity index (χ3v) is 5.34. The van der Waals surface area contributed by atoms with Crippen molar-refractivity contribution in [1.29, 1.82) is 0 Å². The maximum Gasteiger partial charge on any atom is 0.254 e. The first-order valence-electron chi connectivity index (χ1n) is 9.31. The summed E-state index contributed by atoms with van der Waals surface area (Å²) in [4.78, 5) is 33.5. The van der Waals surface area contributed by atoms with Crippen LogP contribution in [0.5, 0.6) is 0 Å². The van der Waals surface area contributed by atoms with Crippen LogP contribution >= 0.6 is 0 Å². The minimum atomic E-state index is 0.0355. The zero-order valence-corrected chi connectivity index (χ0v) is 14.8. The maximum absolute atomic E-state index is 12.9. The van der Waals surface area contributed by atoms with E-state index in [1.807, 2.05) is 47.4 Å². The second-order valence-electron chi connectivity index (χ2n) is 6.99. The summed E-state index contributed by atoms with van der Waals surface area (Å²) in [7, 11) is 0. The molecule has 1 aromatic heterocycles. The molecule has 1 atom stereocenters. The van der Waals surface area contributed by atoms with Crippen molar-refractivity contribution < 1.29 is 9.59 Å². The number of hydrogen-bond acceptors (Lipinski definition) is 3. The van der Waals surface area contributed by atoms with Crippen molar-refractivity contribution in [1.82, 2.24) is 14.8 Å². The van der Waals surface area contributed by atoms with Gasteiger partial charge >= 0.3 is 0 Å². The molecular weight excluding hydrogens is 326 g/mol. The van der Waals surface area contributed by atoms with Gasteiger partial charge in [-0.05, 0) is 43.0 Å². The predicted octanol–water partition coefficient (Wildman–Crippen LogP) is 3.18. The molecule has 2 amide bonds. The van der Waals surface area contributed by atoms with E-state index >= 15 is 0 Å². The smallest absolute Gasteiger partial charge is 0.254 e. The van der Waals surface area contributed by atoms with E-state index in [1.54, 1.807) is 11.1 Å². The molecular formula is C21H23N3O2. The number of hydrogen-bond donors (Lipinski definition) is 0. The van der Waals surface area contributed by atoms with E-state index in [0.29, 0.717) is 19.5 Å². The molecule has 0 radical (unpaired) electrons. The maximum atomic E-state index is 12.9. The van der Waals surface area contributed by atoms with Gasteiger partial charge in [0.05, 0.1) is 11.7 Å². The fraction of sp³-hybridized carbons (Fsp3) is 0.381. The van der Waals surface area contributed by atoms with E-state index in [4.69, 9.17) is 0 Å². The van der Waals surface area contributed by atoms with Gasteiger partial charge < -0.3 is 9.80 Å².